The van der Waals surface area contributed by atoms with Crippen LogP contribution >= 0.6 is 11.3 Å². The molecular formula is C11H11N3S. The molecule has 0 amide bonds. The van der Waals surface area contributed by atoms with Crippen LogP contribution in [0.4, 0.5) is 0 Å². The lowest BCUT2D eigenvalue weighted by Crippen LogP contribution is -2.04. The molecular weight excluding hydrogens is 206 g/mol. The van der Waals surface area contributed by atoms with Crippen LogP contribution in [0.3, 0.4) is 0 Å². The molecule has 0 aromatic carbocycles. The average Bonchev–Trinajstić information content (AvgIpc) is 2.88. The summed E-state index contributed by atoms with van der Waals surface area (Å²) < 4.78 is 2.05. The molecule has 3 nitrogen and oxygen atoms in total. The number of nitriles is 1. The molecule has 15 heavy (non-hydrogen) atoms. The first-order chi connectivity index (χ1) is 7.33. The molecule has 2 rings (SSSR count). The number of aromatic nitrogens is 2. The molecule has 2 aromatic heterocycles. The number of imidazole rings is 1. The number of nitrogens with zero attached hydrogens (tertiary/aromatic N) is 3. The van der Waals surface area contributed by atoms with Gasteiger partial charge < -0.3 is 4.57 Å². The minimum absolute atomic E-state index is 0.176. The number of hydrogen-bond acceptors (Lipinski definition) is 3. The second-order valence-electron chi connectivity index (χ2n) is 3.35. The molecule has 0 aliphatic heterocycles. The molecule has 0 aliphatic rings. The van der Waals surface area contributed by atoms with Gasteiger partial charge >= 0.3 is 0 Å². The van der Waals surface area contributed by atoms with Crippen LogP contribution in [0, 0.1) is 11.3 Å². The van der Waals surface area contributed by atoms with Gasteiger partial charge in [0.25, 0.3) is 0 Å². The SMILES string of the molecule is CC(CC#N)n1ccnc1-c1cccs1. The maximum atomic E-state index is 8.68. The molecule has 0 spiro atoms. The summed E-state index contributed by atoms with van der Waals surface area (Å²) in [4.78, 5) is 5.47. The average molecular weight is 217 g/mol. The Morgan fingerprint density at radius 2 is 2.53 bits per heavy atom. The van der Waals surface area contributed by atoms with Crippen LogP contribution in [0.1, 0.15) is 19.4 Å². The molecule has 1 unspecified atom stereocenters. The molecule has 2 aromatic rings. The summed E-state index contributed by atoms with van der Waals surface area (Å²) in [5.41, 5.74) is 0. The van der Waals surface area contributed by atoms with E-state index in [2.05, 4.69) is 15.6 Å². The van der Waals surface area contributed by atoms with Crippen molar-refractivity contribution >= 4 is 11.3 Å². The highest BCUT2D eigenvalue weighted by Crippen LogP contribution is 2.26. The Bertz CT molecular complexity index is 464. The van der Waals surface area contributed by atoms with Crippen LogP contribution in [0.15, 0.2) is 29.9 Å². The summed E-state index contributed by atoms with van der Waals surface area (Å²) >= 11 is 1.66. The molecule has 0 saturated heterocycles. The van der Waals surface area contributed by atoms with Crippen molar-refractivity contribution in [2.24, 2.45) is 0 Å². The molecule has 0 radical (unpaired) electrons. The van der Waals surface area contributed by atoms with Gasteiger partial charge in [-0.1, -0.05) is 6.07 Å². The fraction of sp³-hybridized carbons (Fsp3) is 0.273. The Kier molecular flexibility index (Phi) is 2.84. The van der Waals surface area contributed by atoms with Crippen molar-refractivity contribution in [3.05, 3.63) is 29.9 Å². The summed E-state index contributed by atoms with van der Waals surface area (Å²) in [6.07, 6.45) is 4.22. The lowest BCUT2D eigenvalue weighted by Gasteiger charge is -2.11. The Morgan fingerprint density at radius 3 is 3.20 bits per heavy atom. The van der Waals surface area contributed by atoms with Crippen LogP contribution in [0.5, 0.6) is 0 Å². The van der Waals surface area contributed by atoms with Gasteiger partial charge in [0, 0.05) is 18.4 Å². The lowest BCUT2D eigenvalue weighted by atomic mass is 10.2. The molecule has 0 bridgehead atoms. The van der Waals surface area contributed by atoms with Crippen molar-refractivity contribution in [2.75, 3.05) is 0 Å². The fourth-order valence-electron chi connectivity index (χ4n) is 1.50. The van der Waals surface area contributed by atoms with Crippen molar-refractivity contribution in [2.45, 2.75) is 19.4 Å². The largest absolute Gasteiger partial charge is 0.326 e. The minimum Gasteiger partial charge on any atom is -0.326 e. The normalized spacial score (nSPS) is 12.3. The van der Waals surface area contributed by atoms with E-state index in [-0.39, 0.29) is 6.04 Å². The molecule has 4 heteroatoms. The van der Waals surface area contributed by atoms with Crippen LogP contribution in [0.2, 0.25) is 0 Å². The third kappa shape index (κ3) is 1.92. The van der Waals surface area contributed by atoms with Gasteiger partial charge in [0.05, 0.1) is 17.4 Å². The molecule has 76 valence electrons. The van der Waals surface area contributed by atoms with Crippen LogP contribution < -0.4 is 0 Å². The van der Waals surface area contributed by atoms with E-state index in [9.17, 15) is 0 Å². The van der Waals surface area contributed by atoms with E-state index in [1.54, 1.807) is 17.5 Å². The summed E-state index contributed by atoms with van der Waals surface area (Å²) in [5.74, 6) is 0.952. The van der Waals surface area contributed by atoms with Crippen molar-refractivity contribution in [3.8, 4) is 16.8 Å². The minimum atomic E-state index is 0.176. The molecule has 0 fully saturated rings. The second-order valence-corrected chi connectivity index (χ2v) is 4.29. The van der Waals surface area contributed by atoms with E-state index in [0.717, 1.165) is 10.7 Å². The third-order valence-corrected chi connectivity index (χ3v) is 3.14. The third-order valence-electron chi connectivity index (χ3n) is 2.27. The van der Waals surface area contributed by atoms with Crippen molar-refractivity contribution in [3.63, 3.8) is 0 Å². The van der Waals surface area contributed by atoms with E-state index >= 15 is 0 Å². The Balaban J connectivity index is 2.35. The number of rotatable bonds is 3. The van der Waals surface area contributed by atoms with Gasteiger partial charge in [0.15, 0.2) is 0 Å². The zero-order valence-corrected chi connectivity index (χ0v) is 9.24. The standard InChI is InChI=1S/C11H11N3S/c1-9(4-5-12)14-7-6-13-11(14)10-3-2-8-15-10/h2-3,6-9H,4H2,1H3. The smallest absolute Gasteiger partial charge is 0.150 e. The first-order valence-corrected chi connectivity index (χ1v) is 5.64. The Morgan fingerprint density at radius 1 is 1.67 bits per heavy atom. The van der Waals surface area contributed by atoms with E-state index < -0.39 is 0 Å². The molecule has 1 atom stereocenters. The predicted molar refractivity (Wildman–Crippen MR) is 60.5 cm³/mol. The molecule has 2 heterocycles. The quantitative estimate of drug-likeness (QED) is 0.792. The zero-order valence-electron chi connectivity index (χ0n) is 8.42. The fourth-order valence-corrected chi connectivity index (χ4v) is 2.22. The van der Waals surface area contributed by atoms with Gasteiger partial charge in [-0.2, -0.15) is 5.26 Å². The first kappa shape index (κ1) is 9.94. The predicted octanol–water partition coefficient (Wildman–Crippen LogP) is 3.09. The molecule has 0 N–H and O–H groups in total. The molecule has 0 saturated carbocycles. The Labute approximate surface area is 92.6 Å². The molecule has 0 aliphatic carbocycles. The highest BCUT2D eigenvalue weighted by atomic mass is 32.1. The van der Waals surface area contributed by atoms with Crippen LogP contribution in [-0.2, 0) is 0 Å². The Hall–Kier alpha value is -1.60. The second kappa shape index (κ2) is 4.28. The monoisotopic (exact) mass is 217 g/mol. The van der Waals surface area contributed by atoms with Gasteiger partial charge in [0.2, 0.25) is 0 Å². The topological polar surface area (TPSA) is 41.6 Å². The van der Waals surface area contributed by atoms with Gasteiger partial charge in [-0.25, -0.2) is 4.98 Å². The van der Waals surface area contributed by atoms with Gasteiger partial charge in [-0.05, 0) is 18.4 Å². The summed E-state index contributed by atoms with van der Waals surface area (Å²) in [6.45, 7) is 2.03. The summed E-state index contributed by atoms with van der Waals surface area (Å²) in [5, 5.41) is 10.7. The van der Waals surface area contributed by atoms with Crippen LogP contribution in [-0.4, -0.2) is 9.55 Å². The summed E-state index contributed by atoms with van der Waals surface area (Å²) in [6, 6.07) is 6.41. The highest BCUT2D eigenvalue weighted by Gasteiger charge is 2.11. The lowest BCUT2D eigenvalue weighted by molar-refractivity contribution is 0.565. The first-order valence-electron chi connectivity index (χ1n) is 4.76. The maximum Gasteiger partial charge on any atom is 0.150 e. The van der Waals surface area contributed by atoms with Crippen LogP contribution in [0.25, 0.3) is 10.7 Å². The van der Waals surface area contributed by atoms with Gasteiger partial charge in [-0.15, -0.1) is 11.3 Å². The highest BCUT2D eigenvalue weighted by molar-refractivity contribution is 7.13. The van der Waals surface area contributed by atoms with Gasteiger partial charge in [-0.3, -0.25) is 0 Å². The number of hydrogen-bond donors (Lipinski definition) is 0. The zero-order chi connectivity index (χ0) is 10.7. The van der Waals surface area contributed by atoms with Crippen molar-refractivity contribution in [1.82, 2.24) is 9.55 Å². The van der Waals surface area contributed by atoms with Gasteiger partial charge in [0.1, 0.15) is 5.82 Å². The maximum absolute atomic E-state index is 8.68. The van der Waals surface area contributed by atoms with E-state index in [4.69, 9.17) is 5.26 Å². The van der Waals surface area contributed by atoms with E-state index in [1.165, 1.54) is 0 Å². The van der Waals surface area contributed by atoms with E-state index in [0.29, 0.717) is 6.42 Å². The van der Waals surface area contributed by atoms with Crippen molar-refractivity contribution in [1.29, 1.82) is 5.26 Å². The van der Waals surface area contributed by atoms with Crippen molar-refractivity contribution < 1.29 is 0 Å². The number of thiophene rings is 1. The van der Waals surface area contributed by atoms with E-state index in [1.807, 2.05) is 30.6 Å². The summed E-state index contributed by atoms with van der Waals surface area (Å²) in [7, 11) is 0.